The SMILES string of the molecule is CCC1C=C(C(C)(C)C)C=[C]1[Zr](=[C](c1ccccc1)c1ccccc1)[CH]1c2cc(-c3c(C)cc(C)cc3C)ccc2-c2ccc(-c3c(C)cc(C)cc3C)cc21. The van der Waals surface area contributed by atoms with Crippen molar-refractivity contribution in [3.05, 3.63) is 198 Å². The van der Waals surface area contributed by atoms with Crippen LogP contribution in [0.3, 0.4) is 0 Å². The van der Waals surface area contributed by atoms with Crippen molar-refractivity contribution < 1.29 is 21.3 Å². The van der Waals surface area contributed by atoms with E-state index in [0.717, 1.165) is 6.42 Å². The summed E-state index contributed by atoms with van der Waals surface area (Å²) in [5, 5.41) is 0. The van der Waals surface area contributed by atoms with E-state index in [1.165, 1.54) is 94.6 Å². The van der Waals surface area contributed by atoms with Crippen LogP contribution in [0.4, 0.5) is 0 Å². The van der Waals surface area contributed by atoms with Crippen LogP contribution in [0.1, 0.15) is 93.4 Å². The third-order valence-electron chi connectivity index (χ3n) is 12.3. The van der Waals surface area contributed by atoms with Crippen molar-refractivity contribution in [3.8, 4) is 33.4 Å². The molecule has 0 N–H and O–H groups in total. The summed E-state index contributed by atoms with van der Waals surface area (Å²) in [5.74, 6) is 0.433. The van der Waals surface area contributed by atoms with Crippen LogP contribution in [-0.2, 0) is 21.3 Å². The van der Waals surface area contributed by atoms with Gasteiger partial charge in [-0.2, -0.15) is 0 Å². The zero-order valence-electron chi connectivity index (χ0n) is 35.1. The third kappa shape index (κ3) is 6.96. The zero-order chi connectivity index (χ0) is 39.5. The maximum atomic E-state index is 2.70. The molecule has 0 nitrogen and oxygen atoms in total. The van der Waals surface area contributed by atoms with E-state index in [1.54, 1.807) is 6.49 Å². The Morgan fingerprint density at radius 1 is 0.554 bits per heavy atom. The standard InChI is InChI=1S/C31H29.C13H10.C11H17.Zr/c1-18-11-20(3)30(21(4)12-18)24-7-9-28-26(15-24)17-27-16-25(8-10-29(27)28)31-22(5)13-19(2)14-23(31)6;1-3-7-12(8-4-1)11-13-9-5-2-6-10-13;1-5-9-6-7-10(8-9)11(2,3)4;/h7-17H,1-6H3;1-10H;7-9H,5H2,1-4H3;. The van der Waals surface area contributed by atoms with E-state index >= 15 is 0 Å². The Morgan fingerprint density at radius 3 is 1.38 bits per heavy atom. The van der Waals surface area contributed by atoms with Gasteiger partial charge < -0.3 is 0 Å². The Labute approximate surface area is 344 Å². The molecule has 0 saturated carbocycles. The Bertz CT molecular complexity index is 2390. The second-order valence-corrected chi connectivity index (χ2v) is 23.7. The molecule has 0 spiro atoms. The Hall–Kier alpha value is -4.45. The predicted octanol–water partition coefficient (Wildman–Crippen LogP) is 14.7. The van der Waals surface area contributed by atoms with E-state index in [0.29, 0.717) is 9.54 Å². The van der Waals surface area contributed by atoms with Gasteiger partial charge in [0.05, 0.1) is 0 Å². The van der Waals surface area contributed by atoms with Crippen LogP contribution in [0.15, 0.2) is 142 Å². The number of rotatable bonds is 7. The molecular formula is C55H56Zr. The first kappa shape index (κ1) is 38.4. The van der Waals surface area contributed by atoms with Gasteiger partial charge in [0.15, 0.2) is 0 Å². The van der Waals surface area contributed by atoms with E-state index in [-0.39, 0.29) is 5.41 Å². The first-order valence-corrected chi connectivity index (χ1v) is 24.5. The fourth-order valence-corrected chi connectivity index (χ4v) is 19.8. The number of aryl methyl sites for hydroxylation is 6. The molecule has 1 unspecified atom stereocenters. The molecular weight excluding hydrogens is 752 g/mol. The fraction of sp³-hybridized carbons (Fsp3) is 0.255. The quantitative estimate of drug-likeness (QED) is 0.151. The molecule has 2 aliphatic carbocycles. The first-order chi connectivity index (χ1) is 26.8. The first-order valence-electron chi connectivity index (χ1n) is 20.6. The molecule has 280 valence electrons. The molecule has 0 radical (unpaired) electrons. The van der Waals surface area contributed by atoms with Crippen molar-refractivity contribution in [2.45, 2.75) is 79.3 Å². The molecule has 6 aromatic rings. The van der Waals surface area contributed by atoms with Gasteiger partial charge in [-0.1, -0.05) is 0 Å². The fourth-order valence-electron chi connectivity index (χ4n) is 10.0. The summed E-state index contributed by atoms with van der Waals surface area (Å²) < 4.78 is 3.63. The van der Waals surface area contributed by atoms with Gasteiger partial charge in [0.25, 0.3) is 0 Å². The van der Waals surface area contributed by atoms with Gasteiger partial charge in [-0.3, -0.25) is 0 Å². The maximum absolute atomic E-state index is 3.06. The number of benzene rings is 6. The molecule has 0 bridgehead atoms. The molecule has 8 rings (SSSR count). The van der Waals surface area contributed by atoms with Crippen LogP contribution in [0.5, 0.6) is 0 Å². The van der Waals surface area contributed by atoms with Crippen LogP contribution in [0.25, 0.3) is 33.4 Å². The zero-order valence-corrected chi connectivity index (χ0v) is 37.5. The second kappa shape index (κ2) is 15.1. The number of hydrogen-bond acceptors (Lipinski definition) is 0. The summed E-state index contributed by atoms with van der Waals surface area (Å²) in [5.41, 5.74) is 23.7. The van der Waals surface area contributed by atoms with E-state index in [9.17, 15) is 0 Å². The molecule has 0 fully saturated rings. The average Bonchev–Trinajstić information content (AvgIpc) is 3.73. The van der Waals surface area contributed by atoms with E-state index in [1.807, 2.05) is 0 Å². The van der Waals surface area contributed by atoms with Crippen molar-refractivity contribution in [1.82, 2.24) is 0 Å². The number of allylic oxidation sites excluding steroid dienone is 4. The molecule has 56 heavy (non-hydrogen) atoms. The van der Waals surface area contributed by atoms with Crippen molar-refractivity contribution in [2.24, 2.45) is 11.3 Å². The molecule has 6 aromatic carbocycles. The van der Waals surface area contributed by atoms with Gasteiger partial charge in [-0.25, -0.2) is 0 Å². The molecule has 1 heteroatoms. The second-order valence-electron chi connectivity index (χ2n) is 17.6. The molecule has 0 aromatic heterocycles. The van der Waals surface area contributed by atoms with Crippen LogP contribution in [0.2, 0.25) is 0 Å². The number of hydrogen-bond donors (Lipinski definition) is 0. The topological polar surface area (TPSA) is 0 Å². The summed E-state index contributed by atoms with van der Waals surface area (Å²) in [6, 6.07) is 47.3. The molecule has 0 aliphatic heterocycles. The Morgan fingerprint density at radius 2 is 0.982 bits per heavy atom. The molecule has 0 amide bonds. The molecule has 2 aliphatic rings. The average molecular weight is 808 g/mol. The molecule has 0 heterocycles. The van der Waals surface area contributed by atoms with E-state index in [2.05, 4.69) is 203 Å². The van der Waals surface area contributed by atoms with E-state index < -0.39 is 21.3 Å². The third-order valence-corrected chi connectivity index (χ3v) is 20.8. The van der Waals surface area contributed by atoms with Crippen molar-refractivity contribution in [1.29, 1.82) is 0 Å². The molecule has 1 atom stereocenters. The predicted molar refractivity (Wildman–Crippen MR) is 239 cm³/mol. The normalized spacial score (nSPS) is 15.0. The summed E-state index contributed by atoms with van der Waals surface area (Å²) in [6.45, 7) is 23.2. The number of fused-ring (bicyclic) bond motifs is 3. The van der Waals surface area contributed by atoms with E-state index in [4.69, 9.17) is 0 Å². The van der Waals surface area contributed by atoms with Gasteiger partial charge in [0.1, 0.15) is 0 Å². The van der Waals surface area contributed by atoms with Crippen LogP contribution < -0.4 is 0 Å². The van der Waals surface area contributed by atoms with Crippen molar-refractivity contribution >= 4 is 3.21 Å². The molecule has 0 saturated heterocycles. The van der Waals surface area contributed by atoms with Crippen LogP contribution >= 0.6 is 0 Å². The van der Waals surface area contributed by atoms with Gasteiger partial charge in [-0.05, 0) is 0 Å². The Balaban J connectivity index is 1.51. The van der Waals surface area contributed by atoms with Gasteiger partial charge in [-0.15, -0.1) is 0 Å². The van der Waals surface area contributed by atoms with Crippen LogP contribution in [-0.4, -0.2) is 3.21 Å². The van der Waals surface area contributed by atoms with Gasteiger partial charge in [0, 0.05) is 0 Å². The summed E-state index contributed by atoms with van der Waals surface area (Å²) in [6.07, 6.45) is 6.45. The van der Waals surface area contributed by atoms with Crippen molar-refractivity contribution in [3.63, 3.8) is 0 Å². The minimum absolute atomic E-state index is 0.0793. The Kier molecular flexibility index (Phi) is 10.4. The summed E-state index contributed by atoms with van der Waals surface area (Å²) in [4.78, 5) is 0. The summed E-state index contributed by atoms with van der Waals surface area (Å²) in [7, 11) is 0. The van der Waals surface area contributed by atoms with Crippen molar-refractivity contribution in [2.75, 3.05) is 0 Å². The van der Waals surface area contributed by atoms with Gasteiger partial charge >= 0.3 is 346 Å². The van der Waals surface area contributed by atoms with Gasteiger partial charge in [0.2, 0.25) is 0 Å². The summed E-state index contributed by atoms with van der Waals surface area (Å²) >= 11 is -3.06. The minimum atomic E-state index is -3.06. The van der Waals surface area contributed by atoms with Crippen LogP contribution in [0, 0.1) is 52.9 Å². The monoisotopic (exact) mass is 806 g/mol.